The predicted octanol–water partition coefficient (Wildman–Crippen LogP) is 0.849. The number of nitrogens with zero attached hydrogens (tertiary/aromatic N) is 1. The molecule has 0 saturated carbocycles. The molecule has 0 atom stereocenters. The van der Waals surface area contributed by atoms with Crippen molar-refractivity contribution in [3.8, 4) is 0 Å². The molecule has 1 heterocycles. The molecule has 62 valence electrons. The molecule has 0 aromatic heterocycles. The third-order valence-corrected chi connectivity index (χ3v) is 1.67. The van der Waals surface area contributed by atoms with Crippen LogP contribution >= 0.6 is 0 Å². The summed E-state index contributed by atoms with van der Waals surface area (Å²) in [5.41, 5.74) is 1.17. The molecule has 2 N–H and O–H groups in total. The summed E-state index contributed by atoms with van der Waals surface area (Å²) in [5.74, 6) is 0.885. The Kier molecular flexibility index (Phi) is 2.95. The number of hydrogen-bond acceptors (Lipinski definition) is 3. The van der Waals surface area contributed by atoms with E-state index in [0.29, 0.717) is 0 Å². The third kappa shape index (κ3) is 2.26. The first kappa shape index (κ1) is 8.11. The molecule has 3 heteroatoms. The maximum Gasteiger partial charge on any atom is 0.195 e. The zero-order valence-electron chi connectivity index (χ0n) is 7.15. The highest BCUT2D eigenvalue weighted by Gasteiger charge is 2.00. The van der Waals surface area contributed by atoms with Gasteiger partial charge >= 0.3 is 0 Å². The highest BCUT2D eigenvalue weighted by molar-refractivity contribution is 5.80. The fourth-order valence-electron chi connectivity index (χ4n) is 1.03. The Hall–Kier alpha value is -0.990. The summed E-state index contributed by atoms with van der Waals surface area (Å²) >= 11 is 0. The van der Waals surface area contributed by atoms with Crippen LogP contribution < -0.4 is 10.6 Å². The van der Waals surface area contributed by atoms with Gasteiger partial charge in [-0.15, -0.1) is 0 Å². The molecular weight excluding hydrogens is 138 g/mol. The van der Waals surface area contributed by atoms with E-state index in [1.807, 2.05) is 7.05 Å². The summed E-state index contributed by atoms with van der Waals surface area (Å²) in [6, 6.07) is 0. The zero-order chi connectivity index (χ0) is 8.10. The largest absolute Gasteiger partial charge is 0.359 e. The predicted molar refractivity (Wildman–Crippen MR) is 47.5 cm³/mol. The highest BCUT2D eigenvalue weighted by Crippen LogP contribution is 2.05. The maximum atomic E-state index is 4.37. The van der Waals surface area contributed by atoms with Crippen LogP contribution in [0.25, 0.3) is 0 Å². The highest BCUT2D eigenvalue weighted by atomic mass is 15.2. The maximum absolute atomic E-state index is 4.37. The fourth-order valence-corrected chi connectivity index (χ4v) is 1.03. The van der Waals surface area contributed by atoms with Gasteiger partial charge in [0.2, 0.25) is 0 Å². The van der Waals surface area contributed by atoms with Crippen molar-refractivity contribution < 1.29 is 0 Å². The summed E-state index contributed by atoms with van der Waals surface area (Å²) in [7, 11) is 1.88. The first-order chi connectivity index (χ1) is 5.36. The van der Waals surface area contributed by atoms with Crippen LogP contribution in [-0.2, 0) is 0 Å². The van der Waals surface area contributed by atoms with Crippen LogP contribution in [0.4, 0.5) is 0 Å². The van der Waals surface area contributed by atoms with Crippen LogP contribution in [0.2, 0.25) is 0 Å². The SMILES string of the molecule is CCC1=CCCNC(NC)=N1. The lowest BCUT2D eigenvalue weighted by Crippen LogP contribution is -2.34. The molecule has 1 aliphatic heterocycles. The monoisotopic (exact) mass is 153 g/mol. The lowest BCUT2D eigenvalue weighted by atomic mass is 10.3. The van der Waals surface area contributed by atoms with Crippen LogP contribution in [0.3, 0.4) is 0 Å². The van der Waals surface area contributed by atoms with E-state index in [2.05, 4.69) is 28.6 Å². The summed E-state index contributed by atoms with van der Waals surface area (Å²) in [6.45, 7) is 3.09. The summed E-state index contributed by atoms with van der Waals surface area (Å²) in [4.78, 5) is 4.37. The topological polar surface area (TPSA) is 36.4 Å². The second kappa shape index (κ2) is 4.01. The van der Waals surface area contributed by atoms with E-state index in [9.17, 15) is 0 Å². The van der Waals surface area contributed by atoms with Gasteiger partial charge in [0.1, 0.15) is 0 Å². The first-order valence-electron chi connectivity index (χ1n) is 4.06. The third-order valence-electron chi connectivity index (χ3n) is 1.67. The van der Waals surface area contributed by atoms with Gasteiger partial charge in [0.15, 0.2) is 5.96 Å². The van der Waals surface area contributed by atoms with Gasteiger partial charge < -0.3 is 10.6 Å². The van der Waals surface area contributed by atoms with Crippen LogP contribution in [-0.4, -0.2) is 19.6 Å². The molecule has 0 radical (unpaired) electrons. The van der Waals surface area contributed by atoms with Gasteiger partial charge in [-0.3, -0.25) is 0 Å². The van der Waals surface area contributed by atoms with Gasteiger partial charge in [0.05, 0.1) is 0 Å². The molecular formula is C8H15N3. The van der Waals surface area contributed by atoms with E-state index in [1.54, 1.807) is 0 Å². The van der Waals surface area contributed by atoms with Gasteiger partial charge in [0.25, 0.3) is 0 Å². The molecule has 0 spiro atoms. The minimum absolute atomic E-state index is 0.885. The molecule has 0 aliphatic carbocycles. The number of guanidine groups is 1. The summed E-state index contributed by atoms with van der Waals surface area (Å²) in [6.07, 6.45) is 4.25. The van der Waals surface area contributed by atoms with E-state index < -0.39 is 0 Å². The second-order valence-electron chi connectivity index (χ2n) is 2.47. The van der Waals surface area contributed by atoms with Crippen LogP contribution in [0.1, 0.15) is 19.8 Å². The van der Waals surface area contributed by atoms with E-state index in [0.717, 1.165) is 25.3 Å². The molecule has 0 unspecified atom stereocenters. The van der Waals surface area contributed by atoms with E-state index in [1.165, 1.54) is 5.70 Å². The van der Waals surface area contributed by atoms with Crippen molar-refractivity contribution in [1.29, 1.82) is 0 Å². The van der Waals surface area contributed by atoms with Crippen LogP contribution in [0, 0.1) is 0 Å². The van der Waals surface area contributed by atoms with Gasteiger partial charge in [0, 0.05) is 19.3 Å². The minimum Gasteiger partial charge on any atom is -0.359 e. The normalized spacial score (nSPS) is 17.6. The van der Waals surface area contributed by atoms with Gasteiger partial charge in [-0.1, -0.05) is 13.0 Å². The zero-order valence-corrected chi connectivity index (χ0v) is 7.15. The van der Waals surface area contributed by atoms with Crippen LogP contribution in [0.5, 0.6) is 0 Å². The van der Waals surface area contributed by atoms with Crippen molar-refractivity contribution in [2.24, 2.45) is 4.99 Å². The van der Waals surface area contributed by atoms with Crippen molar-refractivity contribution in [3.63, 3.8) is 0 Å². The molecule has 1 rings (SSSR count). The molecule has 0 amide bonds. The number of rotatable bonds is 1. The van der Waals surface area contributed by atoms with E-state index in [4.69, 9.17) is 0 Å². The Morgan fingerprint density at radius 1 is 1.73 bits per heavy atom. The van der Waals surface area contributed by atoms with Crippen molar-refractivity contribution in [2.75, 3.05) is 13.6 Å². The molecule has 0 bridgehead atoms. The average molecular weight is 153 g/mol. The number of aliphatic imine (C=N–C) groups is 1. The molecule has 0 fully saturated rings. The molecule has 0 saturated heterocycles. The van der Waals surface area contributed by atoms with E-state index >= 15 is 0 Å². The smallest absolute Gasteiger partial charge is 0.195 e. The molecule has 1 aliphatic rings. The molecule has 0 aromatic rings. The van der Waals surface area contributed by atoms with Gasteiger partial charge in [-0.05, 0) is 12.8 Å². The Labute approximate surface area is 67.6 Å². The number of hydrogen-bond donors (Lipinski definition) is 2. The van der Waals surface area contributed by atoms with Crippen molar-refractivity contribution >= 4 is 5.96 Å². The summed E-state index contributed by atoms with van der Waals surface area (Å²) < 4.78 is 0. The standard InChI is InChI=1S/C8H15N3/c1-3-7-5-4-6-10-8(9-2)11-7/h5H,3-4,6H2,1-2H3,(H2,9,10,11). The van der Waals surface area contributed by atoms with E-state index in [-0.39, 0.29) is 0 Å². The van der Waals surface area contributed by atoms with Crippen molar-refractivity contribution in [3.05, 3.63) is 11.8 Å². The average Bonchev–Trinajstić information content (AvgIpc) is 2.28. The molecule has 0 aromatic carbocycles. The van der Waals surface area contributed by atoms with Gasteiger partial charge in [-0.25, -0.2) is 4.99 Å². The first-order valence-corrected chi connectivity index (χ1v) is 4.06. The lowest BCUT2D eigenvalue weighted by molar-refractivity contribution is 0.866. The van der Waals surface area contributed by atoms with Crippen molar-refractivity contribution in [1.82, 2.24) is 10.6 Å². The Morgan fingerprint density at radius 3 is 3.18 bits per heavy atom. The lowest BCUT2D eigenvalue weighted by Gasteiger charge is -2.04. The quantitative estimate of drug-likeness (QED) is 0.586. The minimum atomic E-state index is 0.885. The Balaban J connectivity index is 2.66. The fraction of sp³-hybridized carbons (Fsp3) is 0.625. The summed E-state index contributed by atoms with van der Waals surface area (Å²) in [5, 5.41) is 6.19. The number of nitrogens with one attached hydrogen (secondary N) is 2. The van der Waals surface area contributed by atoms with Crippen LogP contribution in [0.15, 0.2) is 16.8 Å². The second-order valence-corrected chi connectivity index (χ2v) is 2.47. The molecule has 11 heavy (non-hydrogen) atoms. The number of allylic oxidation sites excluding steroid dienone is 1. The Bertz CT molecular complexity index is 182. The Morgan fingerprint density at radius 2 is 2.55 bits per heavy atom. The molecule has 3 nitrogen and oxygen atoms in total. The van der Waals surface area contributed by atoms with Crippen molar-refractivity contribution in [2.45, 2.75) is 19.8 Å². The van der Waals surface area contributed by atoms with Gasteiger partial charge in [-0.2, -0.15) is 0 Å².